The van der Waals surface area contributed by atoms with Crippen molar-refractivity contribution in [1.82, 2.24) is 4.98 Å². The maximum Gasteiger partial charge on any atom is 0.357 e. The monoisotopic (exact) mass is 290 g/mol. The fourth-order valence-electron chi connectivity index (χ4n) is 1.83. The van der Waals surface area contributed by atoms with Crippen LogP contribution in [0.1, 0.15) is 42.4 Å². The minimum atomic E-state index is -1.00. The summed E-state index contributed by atoms with van der Waals surface area (Å²) in [6.07, 6.45) is 0. The Balaban J connectivity index is 2.04. The first-order chi connectivity index (χ1) is 9.38. The zero-order valence-corrected chi connectivity index (χ0v) is 12.6. The van der Waals surface area contributed by atoms with Crippen LogP contribution < -0.4 is 5.32 Å². The number of aromatic carboxylic acids is 1. The molecule has 2 rings (SSSR count). The second-order valence-corrected chi connectivity index (χ2v) is 6.49. The minimum Gasteiger partial charge on any atom is -0.476 e. The molecule has 106 valence electrons. The molecule has 0 aliphatic heterocycles. The van der Waals surface area contributed by atoms with Gasteiger partial charge in [0.2, 0.25) is 0 Å². The third kappa shape index (κ3) is 3.36. The van der Waals surface area contributed by atoms with Crippen LogP contribution in [0.25, 0.3) is 0 Å². The van der Waals surface area contributed by atoms with Crippen LogP contribution in [0.4, 0.5) is 5.00 Å². The summed E-state index contributed by atoms with van der Waals surface area (Å²) in [4.78, 5) is 14.8. The Morgan fingerprint density at radius 2 is 1.95 bits per heavy atom. The molecule has 20 heavy (non-hydrogen) atoms. The van der Waals surface area contributed by atoms with Crippen LogP contribution in [-0.4, -0.2) is 16.1 Å². The van der Waals surface area contributed by atoms with Gasteiger partial charge in [0.1, 0.15) is 5.00 Å². The van der Waals surface area contributed by atoms with Crippen LogP contribution in [-0.2, 0) is 12.0 Å². The van der Waals surface area contributed by atoms with Crippen molar-refractivity contribution < 1.29 is 9.90 Å². The van der Waals surface area contributed by atoms with E-state index in [9.17, 15) is 4.79 Å². The molecular formula is C15H18N2O2S. The van der Waals surface area contributed by atoms with E-state index >= 15 is 0 Å². The number of hydrogen-bond acceptors (Lipinski definition) is 4. The number of benzene rings is 1. The maximum atomic E-state index is 11.0. The third-order valence-corrected chi connectivity index (χ3v) is 3.83. The van der Waals surface area contributed by atoms with Gasteiger partial charge in [-0.1, -0.05) is 45.0 Å². The smallest absolute Gasteiger partial charge is 0.357 e. The first kappa shape index (κ1) is 14.5. The molecule has 0 unspecified atom stereocenters. The molecule has 0 saturated heterocycles. The van der Waals surface area contributed by atoms with Gasteiger partial charge in [-0.15, -0.1) is 11.3 Å². The highest BCUT2D eigenvalue weighted by atomic mass is 32.1. The molecule has 4 nitrogen and oxygen atoms in total. The largest absolute Gasteiger partial charge is 0.476 e. The molecule has 0 spiro atoms. The highest BCUT2D eigenvalue weighted by Gasteiger charge is 2.14. The molecule has 0 atom stereocenters. The van der Waals surface area contributed by atoms with Crippen molar-refractivity contribution in [2.45, 2.75) is 32.7 Å². The Labute approximate surface area is 122 Å². The van der Waals surface area contributed by atoms with Crippen molar-refractivity contribution in [2.75, 3.05) is 5.32 Å². The van der Waals surface area contributed by atoms with E-state index in [1.54, 1.807) is 0 Å². The summed E-state index contributed by atoms with van der Waals surface area (Å²) in [7, 11) is 0. The van der Waals surface area contributed by atoms with Gasteiger partial charge in [-0.25, -0.2) is 9.78 Å². The quantitative estimate of drug-likeness (QED) is 0.900. The van der Waals surface area contributed by atoms with Crippen LogP contribution in [0.3, 0.4) is 0 Å². The van der Waals surface area contributed by atoms with Gasteiger partial charge in [-0.3, -0.25) is 0 Å². The molecule has 0 aliphatic carbocycles. The zero-order chi connectivity index (χ0) is 14.8. The topological polar surface area (TPSA) is 62.2 Å². The molecule has 0 fully saturated rings. The van der Waals surface area contributed by atoms with Gasteiger partial charge < -0.3 is 10.4 Å². The fourth-order valence-corrected chi connectivity index (χ4v) is 2.50. The number of carbonyl (C=O) groups is 1. The lowest BCUT2D eigenvalue weighted by molar-refractivity contribution is 0.0692. The molecule has 0 amide bonds. The van der Waals surface area contributed by atoms with Gasteiger partial charge >= 0.3 is 5.97 Å². The Bertz CT molecular complexity index is 597. The summed E-state index contributed by atoms with van der Waals surface area (Å²) in [5.41, 5.74) is 4.16. The van der Waals surface area contributed by atoms with Crippen molar-refractivity contribution in [2.24, 2.45) is 0 Å². The molecule has 0 bridgehead atoms. The average Bonchev–Trinajstić information content (AvgIpc) is 2.84. The van der Waals surface area contributed by atoms with E-state index in [1.807, 2.05) is 0 Å². The first-order valence-corrected chi connectivity index (χ1v) is 7.26. The van der Waals surface area contributed by atoms with Crippen molar-refractivity contribution >= 4 is 22.3 Å². The number of anilines is 1. The Kier molecular flexibility index (Phi) is 4.09. The Morgan fingerprint density at radius 1 is 1.30 bits per heavy atom. The third-order valence-electron chi connectivity index (χ3n) is 3.04. The summed E-state index contributed by atoms with van der Waals surface area (Å²) >= 11 is 1.30. The lowest BCUT2D eigenvalue weighted by Gasteiger charge is -2.19. The molecule has 0 saturated carbocycles. The number of carboxylic acid groups (broad SMARTS) is 1. The Morgan fingerprint density at radius 3 is 2.50 bits per heavy atom. The maximum absolute atomic E-state index is 11.0. The van der Waals surface area contributed by atoms with Crippen molar-refractivity contribution in [1.29, 1.82) is 0 Å². The summed E-state index contributed by atoms with van der Waals surface area (Å²) < 4.78 is 0. The lowest BCUT2D eigenvalue weighted by Crippen LogP contribution is -2.11. The number of aromatic nitrogens is 1. The van der Waals surface area contributed by atoms with Crippen LogP contribution in [0.5, 0.6) is 0 Å². The Hall–Kier alpha value is -1.88. The van der Waals surface area contributed by atoms with Crippen LogP contribution in [0.15, 0.2) is 29.8 Å². The molecule has 5 heteroatoms. The molecular weight excluding hydrogens is 272 g/mol. The summed E-state index contributed by atoms with van der Waals surface area (Å²) in [6.45, 7) is 7.12. The van der Waals surface area contributed by atoms with Gasteiger partial charge in [0.25, 0.3) is 0 Å². The molecule has 0 radical (unpaired) electrons. The number of carboxylic acids is 1. The number of hydrogen-bond donors (Lipinski definition) is 2. The predicted octanol–water partition coefficient (Wildman–Crippen LogP) is 3.75. The van der Waals surface area contributed by atoms with Gasteiger partial charge in [-0.05, 0) is 16.5 Å². The van der Waals surface area contributed by atoms with E-state index in [1.165, 1.54) is 22.4 Å². The highest BCUT2D eigenvalue weighted by Crippen LogP contribution is 2.23. The fraction of sp³-hybridized carbons (Fsp3) is 0.333. The van der Waals surface area contributed by atoms with Gasteiger partial charge in [0.15, 0.2) is 5.69 Å². The SMILES string of the molecule is CC(C)(C)c1ccc(CNc2scnc2C(=O)O)cc1. The molecule has 1 aromatic heterocycles. The van der Waals surface area contributed by atoms with E-state index < -0.39 is 5.97 Å². The lowest BCUT2D eigenvalue weighted by atomic mass is 9.87. The van der Waals surface area contributed by atoms with Gasteiger partial charge in [0, 0.05) is 6.54 Å². The van der Waals surface area contributed by atoms with Crippen molar-refractivity contribution in [3.8, 4) is 0 Å². The average molecular weight is 290 g/mol. The van der Waals surface area contributed by atoms with E-state index in [-0.39, 0.29) is 11.1 Å². The number of thiazole rings is 1. The normalized spacial score (nSPS) is 11.3. The molecule has 2 aromatic rings. The van der Waals surface area contributed by atoms with Crippen LogP contribution in [0, 0.1) is 0 Å². The molecule has 1 heterocycles. The predicted molar refractivity (Wildman–Crippen MR) is 81.5 cm³/mol. The van der Waals surface area contributed by atoms with E-state index in [0.29, 0.717) is 11.5 Å². The van der Waals surface area contributed by atoms with Crippen molar-refractivity contribution in [3.63, 3.8) is 0 Å². The zero-order valence-electron chi connectivity index (χ0n) is 11.8. The number of nitrogens with one attached hydrogen (secondary N) is 1. The minimum absolute atomic E-state index is 0.0845. The highest BCUT2D eigenvalue weighted by molar-refractivity contribution is 7.14. The summed E-state index contributed by atoms with van der Waals surface area (Å²) in [6, 6.07) is 8.35. The molecule has 0 aliphatic rings. The van der Waals surface area contributed by atoms with E-state index in [4.69, 9.17) is 5.11 Å². The van der Waals surface area contributed by atoms with E-state index in [0.717, 1.165) is 5.56 Å². The van der Waals surface area contributed by atoms with Crippen LogP contribution >= 0.6 is 11.3 Å². The van der Waals surface area contributed by atoms with E-state index in [2.05, 4.69) is 55.3 Å². The number of nitrogens with zero attached hydrogens (tertiary/aromatic N) is 1. The molecule has 2 N–H and O–H groups in total. The number of rotatable bonds is 4. The van der Waals surface area contributed by atoms with Crippen LogP contribution in [0.2, 0.25) is 0 Å². The second-order valence-electron chi connectivity index (χ2n) is 5.64. The van der Waals surface area contributed by atoms with Gasteiger partial charge in [-0.2, -0.15) is 0 Å². The van der Waals surface area contributed by atoms with Crippen molar-refractivity contribution in [3.05, 3.63) is 46.6 Å². The molecule has 1 aromatic carbocycles. The summed E-state index contributed by atoms with van der Waals surface area (Å²) in [5, 5.41) is 12.7. The first-order valence-electron chi connectivity index (χ1n) is 6.38. The summed E-state index contributed by atoms with van der Waals surface area (Å²) in [5.74, 6) is -1.00. The second kappa shape index (κ2) is 5.63. The standard InChI is InChI=1S/C15H18N2O2S/c1-15(2,3)11-6-4-10(5-7-11)8-16-13-12(14(18)19)17-9-20-13/h4-7,9,16H,8H2,1-3H3,(H,18,19). The van der Waals surface area contributed by atoms with Gasteiger partial charge in [0.05, 0.1) is 5.51 Å².